The van der Waals surface area contributed by atoms with E-state index in [1.165, 1.54) is 5.56 Å². The van der Waals surface area contributed by atoms with Gasteiger partial charge in [-0.05, 0) is 48.2 Å². The molecule has 2 rings (SSSR count). The lowest BCUT2D eigenvalue weighted by Crippen LogP contribution is -2.11. The number of hydrogen-bond donors (Lipinski definition) is 1. The number of rotatable bonds is 7. The van der Waals surface area contributed by atoms with Gasteiger partial charge in [-0.15, -0.1) is 0 Å². The average Bonchev–Trinajstić information content (AvgIpc) is 2.48. The van der Waals surface area contributed by atoms with Gasteiger partial charge in [-0.25, -0.2) is 0 Å². The molecule has 0 unspecified atom stereocenters. The normalized spacial score (nSPS) is 10.4. The van der Waals surface area contributed by atoms with Crippen LogP contribution in [-0.4, -0.2) is 21.6 Å². The number of thiocarbonyl (C=S) groups is 1. The lowest BCUT2D eigenvalue weighted by molar-refractivity contribution is 0.118. The summed E-state index contributed by atoms with van der Waals surface area (Å²) in [5.41, 5.74) is 8.50. The number of hydrogen-bond acceptors (Lipinski definition) is 4. The third-order valence-corrected chi connectivity index (χ3v) is 3.06. The lowest BCUT2D eigenvalue weighted by atomic mass is 10.1. The summed E-state index contributed by atoms with van der Waals surface area (Å²) in [7, 11) is 0. The Morgan fingerprint density at radius 2 is 1.90 bits per heavy atom. The van der Waals surface area contributed by atoms with Crippen LogP contribution in [0.3, 0.4) is 0 Å². The van der Waals surface area contributed by atoms with Crippen molar-refractivity contribution in [1.29, 1.82) is 0 Å². The molecule has 0 aliphatic carbocycles. The zero-order valence-corrected chi connectivity index (χ0v) is 12.0. The molecule has 5 heteroatoms. The van der Waals surface area contributed by atoms with E-state index in [2.05, 4.69) is 9.97 Å². The Morgan fingerprint density at radius 3 is 2.65 bits per heavy atom. The van der Waals surface area contributed by atoms with E-state index in [1.54, 1.807) is 6.20 Å². The van der Waals surface area contributed by atoms with Gasteiger partial charge in [0, 0.05) is 25.2 Å². The minimum absolute atomic E-state index is 0.310. The molecule has 20 heavy (non-hydrogen) atoms. The van der Waals surface area contributed by atoms with E-state index in [9.17, 15) is 0 Å². The maximum atomic E-state index is 5.65. The molecule has 2 N–H and O–H groups in total. The van der Waals surface area contributed by atoms with E-state index in [0.29, 0.717) is 23.9 Å². The van der Waals surface area contributed by atoms with E-state index in [0.717, 1.165) is 18.4 Å². The van der Waals surface area contributed by atoms with Crippen LogP contribution in [0.4, 0.5) is 0 Å². The maximum absolute atomic E-state index is 5.65. The fourth-order valence-electron chi connectivity index (χ4n) is 1.82. The number of nitrogens with zero attached hydrogens (tertiary/aromatic N) is 2. The van der Waals surface area contributed by atoms with Crippen LogP contribution >= 0.6 is 12.2 Å². The van der Waals surface area contributed by atoms with Crippen LogP contribution < -0.4 is 5.73 Å². The molecular weight excluding hydrogens is 270 g/mol. The second kappa shape index (κ2) is 7.67. The first kappa shape index (κ1) is 14.6. The number of pyridine rings is 2. The molecule has 2 heterocycles. The van der Waals surface area contributed by atoms with Crippen molar-refractivity contribution in [2.24, 2.45) is 5.73 Å². The van der Waals surface area contributed by atoms with E-state index in [1.807, 2.05) is 36.7 Å². The molecule has 4 nitrogen and oxygen atoms in total. The van der Waals surface area contributed by atoms with Gasteiger partial charge in [-0.2, -0.15) is 0 Å². The van der Waals surface area contributed by atoms with Gasteiger partial charge in [0.1, 0.15) is 4.99 Å². The highest BCUT2D eigenvalue weighted by Gasteiger charge is 2.00. The Labute approximate surface area is 124 Å². The molecule has 104 valence electrons. The Morgan fingerprint density at radius 1 is 1.15 bits per heavy atom. The average molecular weight is 287 g/mol. The highest BCUT2D eigenvalue weighted by Crippen LogP contribution is 2.05. The second-order valence-electron chi connectivity index (χ2n) is 4.43. The highest BCUT2D eigenvalue weighted by molar-refractivity contribution is 7.80. The first-order valence-electron chi connectivity index (χ1n) is 6.47. The molecular formula is C15H17N3OS. The van der Waals surface area contributed by atoms with Crippen LogP contribution in [0.5, 0.6) is 0 Å². The Balaban J connectivity index is 1.71. The molecule has 0 bridgehead atoms. The van der Waals surface area contributed by atoms with E-state index in [4.69, 9.17) is 22.7 Å². The zero-order valence-electron chi connectivity index (χ0n) is 11.2. The molecule has 0 saturated carbocycles. The van der Waals surface area contributed by atoms with Crippen molar-refractivity contribution < 1.29 is 4.74 Å². The predicted octanol–water partition coefficient (Wildman–Crippen LogP) is 2.26. The first-order valence-corrected chi connectivity index (χ1v) is 6.88. The maximum Gasteiger partial charge on any atom is 0.122 e. The molecule has 0 aliphatic rings. The van der Waals surface area contributed by atoms with Gasteiger partial charge < -0.3 is 10.5 Å². The van der Waals surface area contributed by atoms with Crippen molar-refractivity contribution in [1.82, 2.24) is 9.97 Å². The first-order chi connectivity index (χ1) is 9.75. The van der Waals surface area contributed by atoms with E-state index in [-0.39, 0.29) is 0 Å². The summed E-state index contributed by atoms with van der Waals surface area (Å²) in [6.45, 7) is 1.27. The van der Waals surface area contributed by atoms with Crippen molar-refractivity contribution in [3.05, 3.63) is 59.7 Å². The fraction of sp³-hybridized carbons (Fsp3) is 0.267. The van der Waals surface area contributed by atoms with Gasteiger partial charge in [0.2, 0.25) is 0 Å². The minimum atomic E-state index is 0.310. The van der Waals surface area contributed by atoms with Crippen LogP contribution in [0, 0.1) is 0 Å². The van der Waals surface area contributed by atoms with Crippen molar-refractivity contribution in [2.75, 3.05) is 6.61 Å². The van der Waals surface area contributed by atoms with Crippen molar-refractivity contribution in [3.8, 4) is 0 Å². The summed E-state index contributed by atoms with van der Waals surface area (Å²) in [5, 5.41) is 0. The largest absolute Gasteiger partial charge is 0.388 e. The van der Waals surface area contributed by atoms with Gasteiger partial charge in [0.25, 0.3) is 0 Å². The zero-order chi connectivity index (χ0) is 14.2. The quantitative estimate of drug-likeness (QED) is 0.625. The summed E-state index contributed by atoms with van der Waals surface area (Å²) >= 11 is 4.90. The van der Waals surface area contributed by atoms with Crippen LogP contribution in [-0.2, 0) is 17.8 Å². The van der Waals surface area contributed by atoms with Gasteiger partial charge in [-0.3, -0.25) is 9.97 Å². The second-order valence-corrected chi connectivity index (χ2v) is 4.87. The molecule has 0 atom stereocenters. The van der Waals surface area contributed by atoms with Gasteiger partial charge in [0.05, 0.1) is 12.3 Å². The summed E-state index contributed by atoms with van der Waals surface area (Å²) in [6, 6.07) is 7.82. The SMILES string of the molecule is NC(=S)c1cc(COCCCc2ccncc2)ccn1. The minimum Gasteiger partial charge on any atom is -0.388 e. The van der Waals surface area contributed by atoms with Gasteiger partial charge >= 0.3 is 0 Å². The molecule has 0 radical (unpaired) electrons. The molecule has 0 aliphatic heterocycles. The van der Waals surface area contributed by atoms with Crippen molar-refractivity contribution in [3.63, 3.8) is 0 Å². The van der Waals surface area contributed by atoms with Crippen LogP contribution in [0.15, 0.2) is 42.9 Å². The molecule has 0 aromatic carbocycles. The van der Waals surface area contributed by atoms with Crippen LogP contribution in [0.2, 0.25) is 0 Å². The third-order valence-electron chi connectivity index (χ3n) is 2.85. The monoisotopic (exact) mass is 287 g/mol. The molecule has 0 spiro atoms. The lowest BCUT2D eigenvalue weighted by Gasteiger charge is -2.06. The molecule has 0 fully saturated rings. The van der Waals surface area contributed by atoms with E-state index < -0.39 is 0 Å². The molecule has 2 aromatic rings. The Kier molecular flexibility index (Phi) is 5.58. The predicted molar refractivity (Wildman–Crippen MR) is 82.3 cm³/mol. The number of aryl methyl sites for hydroxylation is 1. The molecule has 2 aromatic heterocycles. The highest BCUT2D eigenvalue weighted by atomic mass is 32.1. The van der Waals surface area contributed by atoms with Gasteiger partial charge in [-0.1, -0.05) is 12.2 Å². The van der Waals surface area contributed by atoms with Crippen LogP contribution in [0.25, 0.3) is 0 Å². The fourth-order valence-corrected chi connectivity index (χ4v) is 1.93. The summed E-state index contributed by atoms with van der Waals surface area (Å²) in [6.07, 6.45) is 7.30. The summed E-state index contributed by atoms with van der Waals surface area (Å²) in [4.78, 5) is 8.40. The third kappa shape index (κ3) is 4.68. The number of aromatic nitrogens is 2. The van der Waals surface area contributed by atoms with E-state index >= 15 is 0 Å². The smallest absolute Gasteiger partial charge is 0.122 e. The number of ether oxygens (including phenoxy) is 1. The molecule has 0 amide bonds. The molecule has 0 saturated heterocycles. The standard InChI is InChI=1S/C15H17N3OS/c16-15(20)14-10-13(5-8-18-14)11-19-9-1-2-12-3-6-17-7-4-12/h3-8,10H,1-2,9,11H2,(H2,16,20). The Hall–Kier alpha value is -1.85. The van der Waals surface area contributed by atoms with Crippen LogP contribution in [0.1, 0.15) is 23.2 Å². The number of nitrogens with two attached hydrogens (primary N) is 1. The van der Waals surface area contributed by atoms with Gasteiger partial charge in [0.15, 0.2) is 0 Å². The topological polar surface area (TPSA) is 61.0 Å². The van der Waals surface area contributed by atoms with Crippen molar-refractivity contribution >= 4 is 17.2 Å². The summed E-state index contributed by atoms with van der Waals surface area (Å²) in [5.74, 6) is 0. The van der Waals surface area contributed by atoms with Crippen molar-refractivity contribution in [2.45, 2.75) is 19.4 Å². The summed E-state index contributed by atoms with van der Waals surface area (Å²) < 4.78 is 5.65. The Bertz CT molecular complexity index is 560.